The zero-order valence-electron chi connectivity index (χ0n) is 13.5. The van der Waals surface area contributed by atoms with E-state index in [4.69, 9.17) is 5.11 Å². The Morgan fingerprint density at radius 3 is 2.91 bits per heavy atom. The second-order valence-electron chi connectivity index (χ2n) is 5.69. The second kappa shape index (κ2) is 9.43. The molecule has 0 bridgehead atoms. The highest BCUT2D eigenvalue weighted by molar-refractivity contribution is 5.80. The zero-order valence-corrected chi connectivity index (χ0v) is 13.5. The molecule has 1 atom stereocenters. The number of hydrogen-bond donors (Lipinski definition) is 3. The largest absolute Gasteiger partial charge is 0.394 e. The molecule has 0 aromatic heterocycles. The fourth-order valence-electron chi connectivity index (χ4n) is 2.83. The first-order chi connectivity index (χ1) is 10.8. The van der Waals surface area contributed by atoms with E-state index in [1.165, 1.54) is 12.0 Å². The molecule has 1 unspecified atom stereocenters. The summed E-state index contributed by atoms with van der Waals surface area (Å²) in [6, 6.07) is 11.0. The number of guanidine groups is 1. The lowest BCUT2D eigenvalue weighted by molar-refractivity contribution is 0.192. The van der Waals surface area contributed by atoms with Crippen LogP contribution in [0.5, 0.6) is 0 Å². The van der Waals surface area contributed by atoms with Crippen molar-refractivity contribution >= 4 is 5.96 Å². The lowest BCUT2D eigenvalue weighted by Gasteiger charge is -2.34. The number of rotatable bonds is 6. The molecule has 122 valence electrons. The third kappa shape index (κ3) is 5.66. The molecule has 1 aromatic rings. The quantitative estimate of drug-likeness (QED) is 0.546. The third-order valence-corrected chi connectivity index (χ3v) is 3.81. The number of aliphatic hydroxyl groups excluding tert-OH is 1. The molecular weight excluding hydrogens is 276 g/mol. The minimum absolute atomic E-state index is 0.0847. The Labute approximate surface area is 133 Å². The van der Waals surface area contributed by atoms with Gasteiger partial charge in [-0.15, -0.1) is 0 Å². The number of benzene rings is 1. The minimum Gasteiger partial charge on any atom is -0.394 e. The molecule has 0 saturated carbocycles. The summed E-state index contributed by atoms with van der Waals surface area (Å²) in [5, 5.41) is 15.7. The smallest absolute Gasteiger partial charge is 0.191 e. The molecule has 0 spiro atoms. The molecule has 1 heterocycles. The van der Waals surface area contributed by atoms with Crippen LogP contribution in [0.4, 0.5) is 0 Å². The topological polar surface area (TPSA) is 59.9 Å². The molecule has 0 amide bonds. The summed E-state index contributed by atoms with van der Waals surface area (Å²) in [4.78, 5) is 6.85. The fraction of sp³-hybridized carbons (Fsp3) is 0.588. The first kappa shape index (κ1) is 16.8. The van der Waals surface area contributed by atoms with E-state index in [2.05, 4.69) is 57.8 Å². The minimum atomic E-state index is 0.0847. The number of aliphatic imine (C=N–C) groups is 1. The van der Waals surface area contributed by atoms with E-state index < -0.39 is 0 Å². The van der Waals surface area contributed by atoms with Crippen LogP contribution in [-0.2, 0) is 6.54 Å². The molecule has 0 radical (unpaired) electrons. The molecule has 5 heteroatoms. The average Bonchev–Trinajstić information content (AvgIpc) is 2.54. The van der Waals surface area contributed by atoms with Crippen molar-refractivity contribution in [2.24, 2.45) is 4.99 Å². The van der Waals surface area contributed by atoms with Gasteiger partial charge in [-0.1, -0.05) is 30.3 Å². The van der Waals surface area contributed by atoms with Crippen LogP contribution >= 0.6 is 0 Å². The normalized spacial score (nSPS) is 19.9. The molecule has 5 nitrogen and oxygen atoms in total. The van der Waals surface area contributed by atoms with Crippen molar-refractivity contribution in [1.82, 2.24) is 15.5 Å². The molecule has 2 rings (SSSR count). The maximum atomic E-state index is 8.92. The van der Waals surface area contributed by atoms with Crippen LogP contribution in [0.1, 0.15) is 25.3 Å². The van der Waals surface area contributed by atoms with Gasteiger partial charge in [-0.25, -0.2) is 0 Å². The van der Waals surface area contributed by atoms with Crippen LogP contribution in [-0.4, -0.2) is 54.8 Å². The number of piperidine rings is 1. The van der Waals surface area contributed by atoms with Gasteiger partial charge in [0, 0.05) is 25.7 Å². The van der Waals surface area contributed by atoms with Crippen molar-refractivity contribution in [3.05, 3.63) is 35.9 Å². The highest BCUT2D eigenvalue weighted by Crippen LogP contribution is 2.13. The molecule has 3 N–H and O–H groups in total. The van der Waals surface area contributed by atoms with Crippen molar-refractivity contribution in [3.63, 3.8) is 0 Å². The number of hydrogen-bond acceptors (Lipinski definition) is 3. The van der Waals surface area contributed by atoms with E-state index in [-0.39, 0.29) is 6.61 Å². The van der Waals surface area contributed by atoms with Crippen LogP contribution in [0.3, 0.4) is 0 Å². The monoisotopic (exact) mass is 304 g/mol. The summed E-state index contributed by atoms with van der Waals surface area (Å²) < 4.78 is 0. The Morgan fingerprint density at radius 1 is 1.36 bits per heavy atom. The molecule has 22 heavy (non-hydrogen) atoms. The molecular formula is C17H28N4O. The maximum Gasteiger partial charge on any atom is 0.191 e. The van der Waals surface area contributed by atoms with Gasteiger partial charge in [-0.05, 0) is 31.9 Å². The highest BCUT2D eigenvalue weighted by Gasteiger charge is 2.20. The van der Waals surface area contributed by atoms with Gasteiger partial charge in [-0.2, -0.15) is 0 Å². The Bertz CT molecular complexity index is 449. The molecule has 1 aromatic carbocycles. The van der Waals surface area contributed by atoms with Crippen LogP contribution in [0, 0.1) is 0 Å². The van der Waals surface area contributed by atoms with Crippen LogP contribution in [0.25, 0.3) is 0 Å². The number of nitrogens with one attached hydrogen (secondary N) is 2. The number of nitrogens with zero attached hydrogens (tertiary/aromatic N) is 2. The van der Waals surface area contributed by atoms with Crippen LogP contribution < -0.4 is 10.6 Å². The Hall–Kier alpha value is -1.59. The van der Waals surface area contributed by atoms with Crippen molar-refractivity contribution < 1.29 is 5.11 Å². The average molecular weight is 304 g/mol. The van der Waals surface area contributed by atoms with Crippen LogP contribution in [0.2, 0.25) is 0 Å². The van der Waals surface area contributed by atoms with E-state index in [9.17, 15) is 0 Å². The van der Waals surface area contributed by atoms with Crippen molar-refractivity contribution in [2.45, 2.75) is 32.4 Å². The Morgan fingerprint density at radius 2 is 2.18 bits per heavy atom. The first-order valence-electron chi connectivity index (χ1n) is 8.23. The lowest BCUT2D eigenvalue weighted by Crippen LogP contribution is -2.51. The van der Waals surface area contributed by atoms with Gasteiger partial charge in [0.2, 0.25) is 0 Å². The Kier molecular flexibility index (Phi) is 7.19. The molecule has 1 fully saturated rings. The standard InChI is InChI=1S/C17H28N4O/c1-2-18-17(19-10-12-22)20-16-9-6-11-21(14-16)13-15-7-4-3-5-8-15/h3-5,7-8,16,22H,2,6,9-14H2,1H3,(H2,18,19,20). The number of aliphatic hydroxyl groups is 1. The van der Waals surface area contributed by atoms with Gasteiger partial charge in [-0.3, -0.25) is 9.89 Å². The summed E-state index contributed by atoms with van der Waals surface area (Å²) >= 11 is 0. The van der Waals surface area contributed by atoms with Gasteiger partial charge in [0.15, 0.2) is 5.96 Å². The van der Waals surface area contributed by atoms with E-state index in [1.54, 1.807) is 0 Å². The second-order valence-corrected chi connectivity index (χ2v) is 5.69. The summed E-state index contributed by atoms with van der Waals surface area (Å²) in [6.07, 6.45) is 2.36. The predicted molar refractivity (Wildman–Crippen MR) is 90.9 cm³/mol. The van der Waals surface area contributed by atoms with Gasteiger partial charge in [0.05, 0.1) is 13.2 Å². The highest BCUT2D eigenvalue weighted by atomic mass is 16.3. The van der Waals surface area contributed by atoms with E-state index in [1.807, 2.05) is 0 Å². The SMILES string of the molecule is CCNC(=NCCO)NC1CCCN(Cc2ccccc2)C1. The zero-order chi connectivity index (χ0) is 15.6. The summed E-state index contributed by atoms with van der Waals surface area (Å²) in [6.45, 7) is 6.59. The summed E-state index contributed by atoms with van der Waals surface area (Å²) in [7, 11) is 0. The van der Waals surface area contributed by atoms with Gasteiger partial charge in [0.25, 0.3) is 0 Å². The predicted octanol–water partition coefficient (Wildman–Crippen LogP) is 1.20. The van der Waals surface area contributed by atoms with Crippen molar-refractivity contribution in [1.29, 1.82) is 0 Å². The molecule has 1 saturated heterocycles. The Balaban J connectivity index is 1.86. The van der Waals surface area contributed by atoms with Gasteiger partial charge >= 0.3 is 0 Å². The molecule has 0 aliphatic carbocycles. The first-order valence-corrected chi connectivity index (χ1v) is 8.23. The summed E-state index contributed by atoms with van der Waals surface area (Å²) in [5.41, 5.74) is 1.36. The lowest BCUT2D eigenvalue weighted by atomic mass is 10.0. The fourth-order valence-corrected chi connectivity index (χ4v) is 2.83. The van der Waals surface area contributed by atoms with Gasteiger partial charge < -0.3 is 15.7 Å². The van der Waals surface area contributed by atoms with E-state index in [0.717, 1.165) is 38.6 Å². The van der Waals surface area contributed by atoms with Gasteiger partial charge in [0.1, 0.15) is 0 Å². The maximum absolute atomic E-state index is 8.92. The van der Waals surface area contributed by atoms with Crippen LogP contribution in [0.15, 0.2) is 35.3 Å². The molecule has 1 aliphatic heterocycles. The van der Waals surface area contributed by atoms with E-state index in [0.29, 0.717) is 12.6 Å². The van der Waals surface area contributed by atoms with Crippen molar-refractivity contribution in [2.75, 3.05) is 32.8 Å². The van der Waals surface area contributed by atoms with E-state index >= 15 is 0 Å². The third-order valence-electron chi connectivity index (χ3n) is 3.81. The molecule has 1 aliphatic rings. The van der Waals surface area contributed by atoms with Crippen molar-refractivity contribution in [3.8, 4) is 0 Å². The number of likely N-dealkylation sites (tertiary alicyclic amines) is 1. The summed E-state index contributed by atoms with van der Waals surface area (Å²) in [5.74, 6) is 0.808.